The summed E-state index contributed by atoms with van der Waals surface area (Å²) in [6.45, 7) is 3.13. The third-order valence-electron chi connectivity index (χ3n) is 3.51. The van der Waals surface area contributed by atoms with Crippen molar-refractivity contribution in [1.82, 2.24) is 5.32 Å². The molecule has 1 aliphatic rings. The topological polar surface area (TPSA) is 70.6 Å². The zero-order chi connectivity index (χ0) is 13.0. The monoisotopic (exact) mass is 247 g/mol. The highest BCUT2D eigenvalue weighted by molar-refractivity contribution is 5.96. The Hall–Kier alpha value is -1.55. The van der Waals surface area contributed by atoms with Crippen molar-refractivity contribution < 1.29 is 5.21 Å². The molecule has 1 fully saturated rings. The number of rotatable bonds is 6. The van der Waals surface area contributed by atoms with Gasteiger partial charge in [0.15, 0.2) is 5.84 Å². The maximum atomic E-state index is 8.57. The normalized spacial score (nSPS) is 23.1. The number of nitrogens with one attached hydrogen (secondary N) is 1. The first kappa shape index (κ1) is 12.9. The number of nitrogens with two attached hydrogens (primary N) is 1. The fourth-order valence-electron chi connectivity index (χ4n) is 2.29. The zero-order valence-electron chi connectivity index (χ0n) is 10.8. The number of benzene rings is 1. The fourth-order valence-corrected chi connectivity index (χ4v) is 2.29. The minimum Gasteiger partial charge on any atom is -0.409 e. The van der Waals surface area contributed by atoms with Gasteiger partial charge in [0.1, 0.15) is 0 Å². The van der Waals surface area contributed by atoms with Crippen LogP contribution in [0.5, 0.6) is 0 Å². The largest absolute Gasteiger partial charge is 0.409 e. The quantitative estimate of drug-likeness (QED) is 0.312. The molecule has 4 N–H and O–H groups in total. The summed E-state index contributed by atoms with van der Waals surface area (Å²) in [6.07, 6.45) is 3.92. The van der Waals surface area contributed by atoms with Gasteiger partial charge < -0.3 is 16.3 Å². The van der Waals surface area contributed by atoms with E-state index in [9.17, 15) is 0 Å². The molecule has 2 unspecified atom stereocenters. The van der Waals surface area contributed by atoms with Gasteiger partial charge in [0.2, 0.25) is 0 Å². The molecule has 2 atom stereocenters. The molecule has 4 nitrogen and oxygen atoms in total. The van der Waals surface area contributed by atoms with E-state index in [2.05, 4.69) is 17.4 Å². The lowest BCUT2D eigenvalue weighted by Crippen LogP contribution is -2.18. The van der Waals surface area contributed by atoms with E-state index in [1.165, 1.54) is 24.8 Å². The maximum Gasteiger partial charge on any atom is 0.170 e. The van der Waals surface area contributed by atoms with Gasteiger partial charge in [0, 0.05) is 18.2 Å². The van der Waals surface area contributed by atoms with Gasteiger partial charge in [-0.3, -0.25) is 0 Å². The van der Waals surface area contributed by atoms with Gasteiger partial charge in [-0.15, -0.1) is 0 Å². The van der Waals surface area contributed by atoms with E-state index in [0.717, 1.165) is 18.0 Å². The maximum absolute atomic E-state index is 8.57. The van der Waals surface area contributed by atoms with Crippen LogP contribution in [0.15, 0.2) is 29.4 Å². The zero-order valence-corrected chi connectivity index (χ0v) is 10.8. The van der Waals surface area contributed by atoms with Gasteiger partial charge in [0.25, 0.3) is 0 Å². The van der Waals surface area contributed by atoms with Crippen molar-refractivity contribution in [2.24, 2.45) is 16.8 Å². The average molecular weight is 247 g/mol. The van der Waals surface area contributed by atoms with E-state index >= 15 is 0 Å². The lowest BCUT2D eigenvalue weighted by atomic mass is 10.1. The molecule has 0 radical (unpaired) electrons. The van der Waals surface area contributed by atoms with E-state index in [0.29, 0.717) is 6.04 Å². The van der Waals surface area contributed by atoms with Gasteiger partial charge in [-0.2, -0.15) is 0 Å². The molecule has 1 aromatic rings. The standard InChI is InChI=1S/C14H21N3O/c1-2-3-12-8-13(12)16-9-10-4-6-11(7-5-10)14(15)17-18/h4-7,12-13,16,18H,2-3,8-9H2,1H3,(H2,15,17). The minimum atomic E-state index is 0.153. The number of amidine groups is 1. The van der Waals surface area contributed by atoms with Crippen molar-refractivity contribution in [1.29, 1.82) is 0 Å². The van der Waals surface area contributed by atoms with Crippen LogP contribution in [0.4, 0.5) is 0 Å². The summed E-state index contributed by atoms with van der Waals surface area (Å²) >= 11 is 0. The summed E-state index contributed by atoms with van der Waals surface area (Å²) < 4.78 is 0. The summed E-state index contributed by atoms with van der Waals surface area (Å²) in [5, 5.41) is 15.1. The van der Waals surface area contributed by atoms with Crippen molar-refractivity contribution in [2.75, 3.05) is 0 Å². The van der Waals surface area contributed by atoms with Crippen LogP contribution >= 0.6 is 0 Å². The molecule has 18 heavy (non-hydrogen) atoms. The van der Waals surface area contributed by atoms with E-state index in [1.54, 1.807) is 0 Å². The van der Waals surface area contributed by atoms with Crippen LogP contribution < -0.4 is 11.1 Å². The Morgan fingerprint density at radius 3 is 2.78 bits per heavy atom. The van der Waals surface area contributed by atoms with Crippen LogP contribution in [0.1, 0.15) is 37.3 Å². The van der Waals surface area contributed by atoms with Gasteiger partial charge in [0.05, 0.1) is 0 Å². The number of hydrogen-bond donors (Lipinski definition) is 3. The molecule has 0 aromatic heterocycles. The Bertz CT molecular complexity index is 414. The lowest BCUT2D eigenvalue weighted by Gasteiger charge is -2.05. The molecule has 0 amide bonds. The summed E-state index contributed by atoms with van der Waals surface area (Å²) in [6, 6.07) is 8.48. The third-order valence-corrected chi connectivity index (χ3v) is 3.51. The van der Waals surface area contributed by atoms with Crippen molar-refractivity contribution in [3.63, 3.8) is 0 Å². The number of hydrogen-bond acceptors (Lipinski definition) is 3. The van der Waals surface area contributed by atoms with E-state index in [4.69, 9.17) is 10.9 Å². The summed E-state index contributed by atoms with van der Waals surface area (Å²) in [7, 11) is 0. The highest BCUT2D eigenvalue weighted by Crippen LogP contribution is 2.34. The first-order valence-corrected chi connectivity index (χ1v) is 6.54. The summed E-state index contributed by atoms with van der Waals surface area (Å²) in [5.41, 5.74) is 7.49. The van der Waals surface area contributed by atoms with Crippen LogP contribution in [0, 0.1) is 5.92 Å². The van der Waals surface area contributed by atoms with Crippen molar-refractivity contribution in [2.45, 2.75) is 38.8 Å². The van der Waals surface area contributed by atoms with Crippen molar-refractivity contribution in [3.8, 4) is 0 Å². The molecule has 1 aromatic carbocycles. The Labute approximate surface area is 108 Å². The second-order valence-electron chi connectivity index (χ2n) is 4.95. The molecule has 1 saturated carbocycles. The van der Waals surface area contributed by atoms with E-state index in [-0.39, 0.29) is 5.84 Å². The molecule has 98 valence electrons. The van der Waals surface area contributed by atoms with E-state index < -0.39 is 0 Å². The van der Waals surface area contributed by atoms with Crippen LogP contribution in [0.2, 0.25) is 0 Å². The molecule has 0 bridgehead atoms. The van der Waals surface area contributed by atoms with E-state index in [1.807, 2.05) is 24.3 Å². The SMILES string of the molecule is CCCC1CC1NCc1ccc(/C(N)=N/O)cc1. The Morgan fingerprint density at radius 2 is 2.17 bits per heavy atom. The van der Waals surface area contributed by atoms with Gasteiger partial charge in [-0.05, 0) is 24.3 Å². The molecule has 0 aliphatic heterocycles. The van der Waals surface area contributed by atoms with Crippen molar-refractivity contribution >= 4 is 5.84 Å². The average Bonchev–Trinajstić information content (AvgIpc) is 3.15. The molecule has 1 aliphatic carbocycles. The Kier molecular flexibility index (Phi) is 4.20. The van der Waals surface area contributed by atoms with Crippen LogP contribution in [-0.2, 0) is 6.54 Å². The number of oxime groups is 1. The summed E-state index contributed by atoms with van der Waals surface area (Å²) in [4.78, 5) is 0. The highest BCUT2D eigenvalue weighted by atomic mass is 16.4. The minimum absolute atomic E-state index is 0.153. The van der Waals surface area contributed by atoms with Crippen LogP contribution in [-0.4, -0.2) is 17.1 Å². The van der Waals surface area contributed by atoms with Crippen molar-refractivity contribution in [3.05, 3.63) is 35.4 Å². The lowest BCUT2D eigenvalue weighted by molar-refractivity contribution is 0.318. The molecule has 0 heterocycles. The molecular weight excluding hydrogens is 226 g/mol. The molecule has 4 heteroatoms. The fraction of sp³-hybridized carbons (Fsp3) is 0.500. The van der Waals surface area contributed by atoms with Crippen LogP contribution in [0.25, 0.3) is 0 Å². The second kappa shape index (κ2) is 5.87. The highest BCUT2D eigenvalue weighted by Gasteiger charge is 2.35. The summed E-state index contributed by atoms with van der Waals surface area (Å²) in [5.74, 6) is 1.03. The second-order valence-corrected chi connectivity index (χ2v) is 4.95. The van der Waals surface area contributed by atoms with Gasteiger partial charge in [-0.25, -0.2) is 0 Å². The first-order chi connectivity index (χ1) is 8.74. The number of nitrogens with zero attached hydrogens (tertiary/aromatic N) is 1. The molecular formula is C14H21N3O. The van der Waals surface area contributed by atoms with Gasteiger partial charge in [-0.1, -0.05) is 42.8 Å². The molecule has 2 rings (SSSR count). The Morgan fingerprint density at radius 1 is 1.44 bits per heavy atom. The molecule has 0 spiro atoms. The Balaban J connectivity index is 1.81. The predicted molar refractivity (Wildman–Crippen MR) is 72.6 cm³/mol. The molecule has 0 saturated heterocycles. The van der Waals surface area contributed by atoms with Gasteiger partial charge >= 0.3 is 0 Å². The predicted octanol–water partition coefficient (Wildman–Crippen LogP) is 2.06. The third kappa shape index (κ3) is 3.23. The first-order valence-electron chi connectivity index (χ1n) is 6.54. The smallest absolute Gasteiger partial charge is 0.170 e. The van der Waals surface area contributed by atoms with Crippen LogP contribution in [0.3, 0.4) is 0 Å².